The van der Waals surface area contributed by atoms with E-state index >= 15 is 0 Å². The van der Waals surface area contributed by atoms with Gasteiger partial charge in [-0.05, 0) is 54.7 Å². The number of piperazine rings is 1. The molecule has 0 N–H and O–H groups in total. The summed E-state index contributed by atoms with van der Waals surface area (Å²) >= 11 is 0. The van der Waals surface area contributed by atoms with Crippen molar-refractivity contribution >= 4 is 11.8 Å². The number of hydrogen-bond acceptors (Lipinski definition) is 6. The van der Waals surface area contributed by atoms with E-state index in [2.05, 4.69) is 0 Å². The van der Waals surface area contributed by atoms with Gasteiger partial charge < -0.3 is 28.7 Å². The normalized spacial score (nSPS) is 20.1. The topological polar surface area (TPSA) is 77.5 Å². The predicted molar refractivity (Wildman–Crippen MR) is 133 cm³/mol. The Balaban J connectivity index is 1.49. The standard InChI is InChI=1S/C28H34N2O6/c1-3-13-34-22-12-10-20(15-24(22)33-2)27-28(32)29(21-7-5-4-6-8-21)17-26(31)30(27)16-19-9-11-23-25(14-19)36-18-35-23/h9-12,14-15,21,27H,3-8,13,16-18H2,1-2H3. The summed E-state index contributed by atoms with van der Waals surface area (Å²) in [4.78, 5) is 31.1. The fourth-order valence-corrected chi connectivity index (χ4v) is 5.37. The van der Waals surface area contributed by atoms with Crippen molar-refractivity contribution in [3.63, 3.8) is 0 Å². The molecule has 0 bridgehead atoms. The van der Waals surface area contributed by atoms with Gasteiger partial charge in [-0.2, -0.15) is 0 Å². The molecule has 1 aliphatic carbocycles. The van der Waals surface area contributed by atoms with Crippen molar-refractivity contribution < 1.29 is 28.5 Å². The van der Waals surface area contributed by atoms with Crippen LogP contribution in [0, 0.1) is 0 Å². The second-order valence-corrected chi connectivity index (χ2v) is 9.63. The molecule has 1 unspecified atom stereocenters. The molecular formula is C28H34N2O6. The van der Waals surface area contributed by atoms with Gasteiger partial charge in [0.25, 0.3) is 5.91 Å². The van der Waals surface area contributed by atoms with Crippen LogP contribution in [0.25, 0.3) is 0 Å². The first-order valence-electron chi connectivity index (χ1n) is 12.9. The van der Waals surface area contributed by atoms with E-state index < -0.39 is 6.04 Å². The van der Waals surface area contributed by atoms with Crippen LogP contribution in [0.3, 0.4) is 0 Å². The van der Waals surface area contributed by atoms with Gasteiger partial charge in [-0.3, -0.25) is 9.59 Å². The SMILES string of the molecule is CCCOc1ccc(C2C(=O)N(C3CCCCC3)CC(=O)N2Cc2ccc3c(c2)OCO3)cc1OC. The summed E-state index contributed by atoms with van der Waals surface area (Å²) in [6.07, 6.45) is 6.13. The van der Waals surface area contributed by atoms with Crippen LogP contribution in [0.5, 0.6) is 23.0 Å². The highest BCUT2D eigenvalue weighted by Gasteiger charge is 2.43. The minimum Gasteiger partial charge on any atom is -0.493 e. The van der Waals surface area contributed by atoms with E-state index in [1.807, 2.05) is 48.2 Å². The Morgan fingerprint density at radius 1 is 0.972 bits per heavy atom. The number of benzene rings is 2. The first-order chi connectivity index (χ1) is 17.6. The lowest BCUT2D eigenvalue weighted by molar-refractivity contribution is -0.160. The highest BCUT2D eigenvalue weighted by molar-refractivity contribution is 5.96. The highest BCUT2D eigenvalue weighted by Crippen LogP contribution is 2.38. The van der Waals surface area contributed by atoms with Gasteiger partial charge in [0, 0.05) is 12.6 Å². The summed E-state index contributed by atoms with van der Waals surface area (Å²) in [7, 11) is 1.59. The maximum Gasteiger partial charge on any atom is 0.250 e. The molecule has 2 aliphatic heterocycles. The number of carbonyl (C=O) groups is 2. The van der Waals surface area contributed by atoms with Crippen LogP contribution in [0.15, 0.2) is 36.4 Å². The molecule has 8 nitrogen and oxygen atoms in total. The van der Waals surface area contributed by atoms with Crippen LogP contribution in [0.2, 0.25) is 0 Å². The molecule has 36 heavy (non-hydrogen) atoms. The number of amides is 2. The zero-order chi connectivity index (χ0) is 25.1. The fraction of sp³-hybridized carbons (Fsp3) is 0.500. The summed E-state index contributed by atoms with van der Waals surface area (Å²) < 4.78 is 22.4. The minimum absolute atomic E-state index is 0.0356. The molecule has 0 spiro atoms. The summed E-state index contributed by atoms with van der Waals surface area (Å²) in [5, 5.41) is 0. The summed E-state index contributed by atoms with van der Waals surface area (Å²) in [6.45, 7) is 3.20. The van der Waals surface area contributed by atoms with Crippen molar-refractivity contribution in [3.05, 3.63) is 47.5 Å². The van der Waals surface area contributed by atoms with E-state index in [1.165, 1.54) is 6.42 Å². The van der Waals surface area contributed by atoms with Crippen LogP contribution in [-0.2, 0) is 16.1 Å². The number of ether oxygens (including phenoxy) is 4. The number of rotatable bonds is 8. The lowest BCUT2D eigenvalue weighted by atomic mass is 9.91. The molecule has 1 saturated heterocycles. The summed E-state index contributed by atoms with van der Waals surface area (Å²) in [5.74, 6) is 2.43. The Labute approximate surface area is 212 Å². The number of carbonyl (C=O) groups excluding carboxylic acids is 2. The van der Waals surface area contributed by atoms with Crippen LogP contribution in [0.1, 0.15) is 62.6 Å². The molecule has 2 aromatic rings. The molecule has 2 fully saturated rings. The first-order valence-corrected chi connectivity index (χ1v) is 12.9. The average molecular weight is 495 g/mol. The van der Waals surface area contributed by atoms with Crippen LogP contribution < -0.4 is 18.9 Å². The smallest absolute Gasteiger partial charge is 0.250 e. The molecule has 3 aliphatic rings. The van der Waals surface area contributed by atoms with Crippen molar-refractivity contribution in [3.8, 4) is 23.0 Å². The summed E-state index contributed by atoms with van der Waals surface area (Å²) in [6, 6.07) is 10.6. The molecule has 8 heteroatoms. The highest BCUT2D eigenvalue weighted by atomic mass is 16.7. The zero-order valence-electron chi connectivity index (χ0n) is 21.0. The maximum atomic E-state index is 14.0. The Morgan fingerprint density at radius 3 is 2.56 bits per heavy atom. The minimum atomic E-state index is -0.743. The van der Waals surface area contributed by atoms with Crippen molar-refractivity contribution in [1.29, 1.82) is 0 Å². The van der Waals surface area contributed by atoms with Crippen LogP contribution in [-0.4, -0.2) is 54.7 Å². The molecular weight excluding hydrogens is 460 g/mol. The second-order valence-electron chi connectivity index (χ2n) is 9.63. The first kappa shape index (κ1) is 24.3. The molecule has 192 valence electrons. The molecule has 0 aromatic heterocycles. The summed E-state index contributed by atoms with van der Waals surface area (Å²) in [5.41, 5.74) is 1.60. The third-order valence-electron chi connectivity index (χ3n) is 7.23. The van der Waals surface area contributed by atoms with Crippen LogP contribution >= 0.6 is 0 Å². The van der Waals surface area contributed by atoms with Gasteiger partial charge in [0.15, 0.2) is 23.0 Å². The molecule has 2 aromatic carbocycles. The fourth-order valence-electron chi connectivity index (χ4n) is 5.37. The van der Waals surface area contributed by atoms with Gasteiger partial charge >= 0.3 is 0 Å². The van der Waals surface area contributed by atoms with Gasteiger partial charge in [-0.15, -0.1) is 0 Å². The Morgan fingerprint density at radius 2 is 1.78 bits per heavy atom. The lowest BCUT2D eigenvalue weighted by Crippen LogP contribution is -2.58. The quantitative estimate of drug-likeness (QED) is 0.539. The zero-order valence-corrected chi connectivity index (χ0v) is 21.0. The second kappa shape index (κ2) is 10.7. The van der Waals surface area contributed by atoms with Gasteiger partial charge in [0.05, 0.1) is 13.7 Å². The van der Waals surface area contributed by atoms with Crippen molar-refractivity contribution in [2.45, 2.75) is 64.1 Å². The maximum absolute atomic E-state index is 14.0. The Bertz CT molecular complexity index is 1110. The van der Waals surface area contributed by atoms with E-state index in [0.29, 0.717) is 36.1 Å². The largest absolute Gasteiger partial charge is 0.493 e. The van der Waals surface area contributed by atoms with E-state index in [4.69, 9.17) is 18.9 Å². The van der Waals surface area contributed by atoms with Crippen molar-refractivity contribution in [2.75, 3.05) is 27.1 Å². The van der Waals surface area contributed by atoms with Crippen LogP contribution in [0.4, 0.5) is 0 Å². The third kappa shape index (κ3) is 4.81. The predicted octanol–water partition coefficient (Wildman–Crippen LogP) is 4.46. The number of nitrogens with zero attached hydrogens (tertiary/aromatic N) is 2. The molecule has 1 atom stereocenters. The van der Waals surface area contributed by atoms with E-state index in [-0.39, 0.29) is 31.2 Å². The van der Waals surface area contributed by atoms with Gasteiger partial charge in [-0.1, -0.05) is 38.3 Å². The van der Waals surface area contributed by atoms with Gasteiger partial charge in [0.2, 0.25) is 12.7 Å². The number of hydrogen-bond donors (Lipinski definition) is 0. The van der Waals surface area contributed by atoms with E-state index in [0.717, 1.165) is 43.2 Å². The van der Waals surface area contributed by atoms with Gasteiger partial charge in [0.1, 0.15) is 12.6 Å². The molecule has 2 heterocycles. The molecule has 0 radical (unpaired) electrons. The van der Waals surface area contributed by atoms with Crippen molar-refractivity contribution in [2.24, 2.45) is 0 Å². The molecule has 1 saturated carbocycles. The van der Waals surface area contributed by atoms with Gasteiger partial charge in [-0.25, -0.2) is 0 Å². The average Bonchev–Trinajstić information content (AvgIpc) is 3.38. The molecule has 2 amide bonds. The monoisotopic (exact) mass is 494 g/mol. The van der Waals surface area contributed by atoms with Crippen molar-refractivity contribution in [1.82, 2.24) is 9.80 Å². The number of fused-ring (bicyclic) bond motifs is 1. The Hall–Kier alpha value is -3.42. The Kier molecular flexibility index (Phi) is 7.20. The molecule has 5 rings (SSSR count). The van der Waals surface area contributed by atoms with E-state index in [1.54, 1.807) is 12.0 Å². The third-order valence-corrected chi connectivity index (χ3v) is 7.23. The van der Waals surface area contributed by atoms with E-state index in [9.17, 15) is 9.59 Å². The lowest BCUT2D eigenvalue weighted by Gasteiger charge is -2.44. The number of methoxy groups -OCH3 is 1.